The summed E-state index contributed by atoms with van der Waals surface area (Å²) >= 11 is 0. The lowest BCUT2D eigenvalue weighted by molar-refractivity contribution is 0.199. The van der Waals surface area contributed by atoms with Crippen molar-refractivity contribution in [2.24, 2.45) is 11.8 Å². The second-order valence-electron chi connectivity index (χ2n) is 7.47. The van der Waals surface area contributed by atoms with Crippen molar-refractivity contribution in [3.63, 3.8) is 0 Å². The van der Waals surface area contributed by atoms with Crippen LogP contribution in [0.2, 0.25) is 0 Å². The van der Waals surface area contributed by atoms with E-state index in [1.54, 1.807) is 7.11 Å². The van der Waals surface area contributed by atoms with Gasteiger partial charge in [0.15, 0.2) is 0 Å². The maximum absolute atomic E-state index is 11.6. The molecule has 0 radical (unpaired) electrons. The number of fused-ring (bicyclic) bond motifs is 1. The molecule has 1 aliphatic carbocycles. The minimum absolute atomic E-state index is 0.160. The van der Waals surface area contributed by atoms with E-state index in [2.05, 4.69) is 43.3 Å². The first kappa shape index (κ1) is 15.7. The molecule has 3 N–H and O–H groups in total. The molecule has 7 nitrogen and oxygen atoms in total. The Morgan fingerprint density at radius 3 is 2.88 bits per heavy atom. The standard InChI is InChI=1S/C19H23N5O2/c1-26-17-12(4-5-15-14(17)6-8-20-15)10-24-9-7-13(11-2-3-11)16(24)18-21-19(25)23-22-18/h4-6,8,11,13,16,20H,2-3,7,9-10H2,1H3,(H2,21,22,23,25). The highest BCUT2D eigenvalue weighted by atomic mass is 16.5. The van der Waals surface area contributed by atoms with Gasteiger partial charge in [-0.05, 0) is 49.8 Å². The number of rotatable bonds is 5. The number of aromatic nitrogens is 4. The number of benzene rings is 1. The molecule has 3 aromatic rings. The number of nitrogens with one attached hydrogen (secondary N) is 3. The van der Waals surface area contributed by atoms with Crippen molar-refractivity contribution >= 4 is 10.9 Å². The van der Waals surface area contributed by atoms with E-state index < -0.39 is 0 Å². The summed E-state index contributed by atoms with van der Waals surface area (Å²) in [5, 5.41) is 7.90. The molecule has 1 saturated heterocycles. The molecule has 2 unspecified atom stereocenters. The fourth-order valence-corrected chi connectivity index (χ4v) is 4.61. The maximum atomic E-state index is 11.6. The normalized spacial score (nSPS) is 23.7. The van der Waals surface area contributed by atoms with E-state index in [-0.39, 0.29) is 11.7 Å². The van der Waals surface area contributed by atoms with Gasteiger partial charge in [0.1, 0.15) is 11.6 Å². The lowest BCUT2D eigenvalue weighted by Crippen LogP contribution is -2.27. The molecule has 3 heterocycles. The van der Waals surface area contributed by atoms with Gasteiger partial charge in [-0.2, -0.15) is 5.10 Å². The van der Waals surface area contributed by atoms with Crippen LogP contribution in [-0.4, -0.2) is 38.7 Å². The molecular weight excluding hydrogens is 330 g/mol. The highest BCUT2D eigenvalue weighted by Crippen LogP contribution is 2.50. The van der Waals surface area contributed by atoms with E-state index in [0.29, 0.717) is 5.92 Å². The zero-order valence-corrected chi connectivity index (χ0v) is 14.8. The summed E-state index contributed by atoms with van der Waals surface area (Å²) < 4.78 is 5.73. The number of nitrogens with zero attached hydrogens (tertiary/aromatic N) is 2. The molecule has 0 spiro atoms. The molecule has 0 bridgehead atoms. The van der Waals surface area contributed by atoms with Gasteiger partial charge in [0, 0.05) is 29.2 Å². The molecule has 2 aliphatic rings. The maximum Gasteiger partial charge on any atom is 0.340 e. The molecule has 2 atom stereocenters. The van der Waals surface area contributed by atoms with Gasteiger partial charge in [0.25, 0.3) is 0 Å². The third-order valence-electron chi connectivity index (χ3n) is 5.92. The second-order valence-corrected chi connectivity index (χ2v) is 7.47. The Balaban J connectivity index is 1.49. The van der Waals surface area contributed by atoms with Crippen LogP contribution in [-0.2, 0) is 6.54 Å². The number of hydrogen-bond donors (Lipinski definition) is 3. The minimum atomic E-state index is -0.229. The van der Waals surface area contributed by atoms with Gasteiger partial charge in [0.05, 0.1) is 13.2 Å². The first-order valence-electron chi connectivity index (χ1n) is 9.26. The van der Waals surface area contributed by atoms with Crippen LogP contribution >= 0.6 is 0 Å². The molecule has 2 aromatic heterocycles. The van der Waals surface area contributed by atoms with Gasteiger partial charge in [-0.3, -0.25) is 9.88 Å². The van der Waals surface area contributed by atoms with Crippen molar-refractivity contribution in [2.75, 3.05) is 13.7 Å². The van der Waals surface area contributed by atoms with Gasteiger partial charge in [-0.1, -0.05) is 6.07 Å². The summed E-state index contributed by atoms with van der Waals surface area (Å²) in [7, 11) is 1.73. The summed E-state index contributed by atoms with van der Waals surface area (Å²) in [6.45, 7) is 1.79. The Morgan fingerprint density at radius 1 is 1.27 bits per heavy atom. The second kappa shape index (κ2) is 6.02. The van der Waals surface area contributed by atoms with Crippen LogP contribution in [0.3, 0.4) is 0 Å². The monoisotopic (exact) mass is 353 g/mol. The van der Waals surface area contributed by atoms with E-state index in [4.69, 9.17) is 4.74 Å². The van der Waals surface area contributed by atoms with Crippen molar-refractivity contribution in [3.8, 4) is 5.75 Å². The van der Waals surface area contributed by atoms with Gasteiger partial charge in [-0.15, -0.1) is 0 Å². The third kappa shape index (κ3) is 2.54. The van der Waals surface area contributed by atoms with Crippen LogP contribution in [0.25, 0.3) is 10.9 Å². The van der Waals surface area contributed by atoms with Crippen molar-refractivity contribution in [3.05, 3.63) is 46.3 Å². The quantitative estimate of drug-likeness (QED) is 0.658. The molecule has 26 heavy (non-hydrogen) atoms. The molecule has 1 aliphatic heterocycles. The van der Waals surface area contributed by atoms with Gasteiger partial charge in [-0.25, -0.2) is 9.89 Å². The van der Waals surface area contributed by atoms with E-state index in [1.165, 1.54) is 18.4 Å². The Morgan fingerprint density at radius 2 is 2.15 bits per heavy atom. The van der Waals surface area contributed by atoms with Gasteiger partial charge < -0.3 is 9.72 Å². The number of hydrogen-bond acceptors (Lipinski definition) is 4. The van der Waals surface area contributed by atoms with Gasteiger partial charge in [0.2, 0.25) is 0 Å². The summed E-state index contributed by atoms with van der Waals surface area (Å²) in [5.74, 6) is 3.02. The van der Waals surface area contributed by atoms with Crippen molar-refractivity contribution < 1.29 is 4.74 Å². The van der Waals surface area contributed by atoms with Crippen molar-refractivity contribution in [1.29, 1.82) is 0 Å². The van der Waals surface area contributed by atoms with Crippen LogP contribution in [0.1, 0.15) is 36.7 Å². The Bertz CT molecular complexity index is 983. The lowest BCUT2D eigenvalue weighted by Gasteiger charge is -2.27. The number of ether oxygens (including phenoxy) is 1. The highest BCUT2D eigenvalue weighted by Gasteiger charge is 2.45. The number of likely N-dealkylation sites (tertiary alicyclic amines) is 1. The fourth-order valence-electron chi connectivity index (χ4n) is 4.61. The molecule has 7 heteroatoms. The molecule has 0 amide bonds. The van der Waals surface area contributed by atoms with Gasteiger partial charge >= 0.3 is 5.69 Å². The molecule has 136 valence electrons. The third-order valence-corrected chi connectivity index (χ3v) is 5.92. The van der Waals surface area contributed by atoms with E-state index in [0.717, 1.165) is 47.9 Å². The van der Waals surface area contributed by atoms with E-state index in [1.807, 2.05) is 6.20 Å². The Hall–Kier alpha value is -2.54. The zero-order chi connectivity index (χ0) is 17.7. The lowest BCUT2D eigenvalue weighted by atomic mass is 9.94. The van der Waals surface area contributed by atoms with E-state index >= 15 is 0 Å². The van der Waals surface area contributed by atoms with Crippen LogP contribution in [0.4, 0.5) is 0 Å². The number of H-pyrrole nitrogens is 3. The van der Waals surface area contributed by atoms with Crippen LogP contribution < -0.4 is 10.4 Å². The van der Waals surface area contributed by atoms with Crippen LogP contribution in [0.15, 0.2) is 29.2 Å². The Kier molecular flexibility index (Phi) is 3.63. The highest BCUT2D eigenvalue weighted by molar-refractivity contribution is 5.87. The first-order chi connectivity index (χ1) is 12.7. The number of methoxy groups -OCH3 is 1. The molecule has 1 saturated carbocycles. The van der Waals surface area contributed by atoms with E-state index in [9.17, 15) is 4.79 Å². The van der Waals surface area contributed by atoms with Crippen molar-refractivity contribution in [2.45, 2.75) is 31.8 Å². The molecular formula is C19H23N5O2. The average Bonchev–Trinajstić information content (AvgIpc) is 3.04. The average molecular weight is 353 g/mol. The van der Waals surface area contributed by atoms with Crippen LogP contribution in [0, 0.1) is 11.8 Å². The van der Waals surface area contributed by atoms with Crippen LogP contribution in [0.5, 0.6) is 5.75 Å². The largest absolute Gasteiger partial charge is 0.496 e. The summed E-state index contributed by atoms with van der Waals surface area (Å²) in [6.07, 6.45) is 5.68. The summed E-state index contributed by atoms with van der Waals surface area (Å²) in [6, 6.07) is 6.45. The SMILES string of the molecule is COc1c(CN2CCC(C3CC3)C2c2n[nH]c(=O)[nH]2)ccc2[nH]ccc12. The smallest absolute Gasteiger partial charge is 0.340 e. The number of aromatic amines is 3. The predicted molar refractivity (Wildman–Crippen MR) is 98.0 cm³/mol. The molecule has 1 aromatic carbocycles. The van der Waals surface area contributed by atoms with Crippen molar-refractivity contribution in [1.82, 2.24) is 25.1 Å². The Labute approximate surface area is 150 Å². The predicted octanol–water partition coefficient (Wildman–Crippen LogP) is 2.56. The summed E-state index contributed by atoms with van der Waals surface area (Å²) in [4.78, 5) is 20.2. The zero-order valence-electron chi connectivity index (χ0n) is 14.8. The fraction of sp³-hybridized carbons (Fsp3) is 0.474. The first-order valence-corrected chi connectivity index (χ1v) is 9.26. The molecule has 2 fully saturated rings. The molecule has 5 rings (SSSR count). The summed E-state index contributed by atoms with van der Waals surface area (Å²) in [5.41, 5.74) is 2.02. The topological polar surface area (TPSA) is 89.8 Å². The minimum Gasteiger partial charge on any atom is -0.496 e.